The van der Waals surface area contributed by atoms with Crippen LogP contribution in [0.25, 0.3) is 0 Å². The smallest absolute Gasteiger partial charge is 0.187 e. The highest BCUT2D eigenvalue weighted by Gasteiger charge is 2.71. The Kier molecular flexibility index (Phi) is 9.42. The van der Waals surface area contributed by atoms with E-state index in [-0.39, 0.29) is 22.7 Å². The second-order valence-corrected chi connectivity index (χ2v) is 16.7. The first-order chi connectivity index (χ1) is 20.9. The Bertz CT molecular complexity index is 1160. The largest absolute Gasteiger partial charge is 0.394 e. The van der Waals surface area contributed by atoms with E-state index >= 15 is 0 Å². The van der Waals surface area contributed by atoms with Gasteiger partial charge in [-0.3, -0.25) is 0 Å². The van der Waals surface area contributed by atoms with Crippen LogP contribution < -0.4 is 0 Å². The van der Waals surface area contributed by atoms with Crippen LogP contribution in [0.5, 0.6) is 0 Å². The van der Waals surface area contributed by atoms with Crippen molar-refractivity contribution in [1.82, 2.24) is 0 Å². The maximum Gasteiger partial charge on any atom is 0.187 e. The Morgan fingerprint density at radius 1 is 1.00 bits per heavy atom. The van der Waals surface area contributed by atoms with Crippen molar-refractivity contribution in [3.05, 3.63) is 23.8 Å². The molecule has 9 heteroatoms. The molecule has 5 rings (SSSR count). The number of carbonyl (C=O) groups is 1. The van der Waals surface area contributed by atoms with Gasteiger partial charge in [0.2, 0.25) is 0 Å². The molecule has 0 aromatic heterocycles. The minimum atomic E-state index is -1.53. The van der Waals surface area contributed by atoms with Crippen molar-refractivity contribution < 1.29 is 44.9 Å². The summed E-state index contributed by atoms with van der Waals surface area (Å²) in [7, 11) is 0. The van der Waals surface area contributed by atoms with Gasteiger partial charge in [0, 0.05) is 16.7 Å². The Morgan fingerprint density at radius 2 is 1.69 bits per heavy atom. The van der Waals surface area contributed by atoms with Gasteiger partial charge in [0.1, 0.15) is 30.7 Å². The van der Waals surface area contributed by atoms with Crippen molar-refractivity contribution in [1.29, 1.82) is 0 Å². The number of aldehydes is 1. The number of aliphatic hydroxyl groups is 6. The lowest BCUT2D eigenvalue weighted by Gasteiger charge is -2.66. The predicted octanol–water partition coefficient (Wildman–Crippen LogP) is 3.28. The summed E-state index contributed by atoms with van der Waals surface area (Å²) in [6.07, 6.45) is 4.84. The molecule has 1 saturated heterocycles. The molecule has 4 fully saturated rings. The van der Waals surface area contributed by atoms with Gasteiger partial charge < -0.3 is 44.9 Å². The molecule has 0 amide bonds. The van der Waals surface area contributed by atoms with Crippen molar-refractivity contribution >= 4 is 6.29 Å². The molecule has 6 N–H and O–H groups in total. The van der Waals surface area contributed by atoms with Crippen LogP contribution in [-0.2, 0) is 14.3 Å². The number of rotatable bonds is 8. The van der Waals surface area contributed by atoms with E-state index in [1.807, 2.05) is 26.0 Å². The molecular formula is C36H58O9. The van der Waals surface area contributed by atoms with Crippen molar-refractivity contribution in [3.63, 3.8) is 0 Å². The highest BCUT2D eigenvalue weighted by atomic mass is 16.7. The van der Waals surface area contributed by atoms with Gasteiger partial charge in [-0.2, -0.15) is 0 Å². The molecule has 0 bridgehead atoms. The van der Waals surface area contributed by atoms with Gasteiger partial charge in [0.15, 0.2) is 6.29 Å². The van der Waals surface area contributed by atoms with E-state index in [4.69, 9.17) is 9.47 Å². The highest BCUT2D eigenvalue weighted by molar-refractivity contribution is 5.65. The third kappa shape index (κ3) is 5.51. The summed E-state index contributed by atoms with van der Waals surface area (Å²) in [6, 6.07) is 0. The van der Waals surface area contributed by atoms with E-state index in [0.29, 0.717) is 31.1 Å². The topological polar surface area (TPSA) is 157 Å². The number of hydrogen-bond acceptors (Lipinski definition) is 9. The average Bonchev–Trinajstić information content (AvgIpc) is 3.24. The quantitative estimate of drug-likeness (QED) is 0.174. The zero-order valence-electron chi connectivity index (χ0n) is 28.2. The first-order valence-corrected chi connectivity index (χ1v) is 17.1. The molecule has 0 aromatic rings. The van der Waals surface area contributed by atoms with Gasteiger partial charge in [0.05, 0.1) is 24.4 Å². The van der Waals surface area contributed by atoms with E-state index in [1.165, 1.54) is 6.29 Å². The van der Waals surface area contributed by atoms with E-state index in [1.54, 1.807) is 13.8 Å². The zero-order chi connectivity index (χ0) is 33.3. The third-order valence-electron chi connectivity index (χ3n) is 13.5. The summed E-state index contributed by atoms with van der Waals surface area (Å²) in [5.41, 5.74) is -1.46. The number of carbonyl (C=O) groups excluding carboxylic acids is 1. The van der Waals surface area contributed by atoms with Crippen LogP contribution >= 0.6 is 0 Å². The lowest BCUT2D eigenvalue weighted by Crippen LogP contribution is -2.65. The fourth-order valence-electron chi connectivity index (χ4n) is 10.9. The Balaban J connectivity index is 1.42. The Morgan fingerprint density at radius 3 is 2.31 bits per heavy atom. The molecule has 9 nitrogen and oxygen atoms in total. The molecular weight excluding hydrogens is 576 g/mol. The van der Waals surface area contributed by atoms with E-state index in [0.717, 1.165) is 31.3 Å². The minimum Gasteiger partial charge on any atom is -0.394 e. The standard InChI is InChI=1S/C36H58O9/c1-20(9-8-13-32(2,3)43)21-12-14-35(7)30-24(39)17-23-22(36(30,19-38)16-15-34(21,35)6)10-11-26(33(23,4)5)45-31-29(42)28(41)27(40)25(18-37)44-31/h8,13,17,19-22,24-31,37,39-43H,9-12,14-16,18H2,1-7H3/b13-8+/t20-,21-,22-,24+,25-,26+,27-,28-,29-,30+,31+,34-,35+,36-/m1/s1. The van der Waals surface area contributed by atoms with Gasteiger partial charge in [-0.1, -0.05) is 58.4 Å². The monoisotopic (exact) mass is 634 g/mol. The summed E-state index contributed by atoms with van der Waals surface area (Å²) >= 11 is 0. The fraction of sp³-hybridized carbons (Fsp3) is 0.861. The van der Waals surface area contributed by atoms with Crippen LogP contribution in [0.1, 0.15) is 93.4 Å². The lowest BCUT2D eigenvalue weighted by molar-refractivity contribution is -0.320. The fourth-order valence-corrected chi connectivity index (χ4v) is 10.9. The predicted molar refractivity (Wildman–Crippen MR) is 169 cm³/mol. The number of ether oxygens (including phenoxy) is 2. The van der Waals surface area contributed by atoms with Gasteiger partial charge >= 0.3 is 0 Å². The summed E-state index contributed by atoms with van der Waals surface area (Å²) in [5, 5.41) is 63.1. The maximum atomic E-state index is 13.5. The molecule has 256 valence electrons. The van der Waals surface area contributed by atoms with Gasteiger partial charge in [0.25, 0.3) is 0 Å². The van der Waals surface area contributed by atoms with Crippen molar-refractivity contribution in [3.8, 4) is 0 Å². The summed E-state index contributed by atoms with van der Waals surface area (Å²) < 4.78 is 12.0. The van der Waals surface area contributed by atoms with Gasteiger partial charge in [-0.05, 0) is 87.4 Å². The molecule has 1 aliphatic heterocycles. The molecule has 1 heterocycles. The molecule has 14 atom stereocenters. The number of hydrogen-bond donors (Lipinski definition) is 6. The zero-order valence-corrected chi connectivity index (χ0v) is 28.2. The van der Waals surface area contributed by atoms with Crippen LogP contribution in [0.3, 0.4) is 0 Å². The maximum absolute atomic E-state index is 13.5. The first kappa shape index (κ1) is 35.1. The lowest BCUT2D eigenvalue weighted by atomic mass is 9.38. The summed E-state index contributed by atoms with van der Waals surface area (Å²) in [4.78, 5) is 13.5. The number of aliphatic hydroxyl groups excluding tert-OH is 5. The second kappa shape index (κ2) is 12.1. The molecule has 5 aliphatic rings. The molecule has 3 saturated carbocycles. The second-order valence-electron chi connectivity index (χ2n) is 16.7. The number of allylic oxidation sites excluding steroid dienone is 1. The van der Waals surface area contributed by atoms with E-state index in [2.05, 4.69) is 26.8 Å². The molecule has 4 aliphatic carbocycles. The SMILES string of the molecule is C[C@H](C/C=C/C(C)(C)O)[C@H]1CC[C@@]2(C)[C@@H]3[C@@H](O)C=C4[C@@H](CC[C@H](O[C@@H]5O[C@H](CO)[C@@H](O)[C@@H](O)[C@H]5O)C4(C)C)[C@]3(C=O)CC[C@]12C. The van der Waals surface area contributed by atoms with Crippen LogP contribution in [0.4, 0.5) is 0 Å². The third-order valence-corrected chi connectivity index (χ3v) is 13.5. The van der Waals surface area contributed by atoms with Crippen LogP contribution in [0.2, 0.25) is 0 Å². The molecule has 0 spiro atoms. The van der Waals surface area contributed by atoms with Gasteiger partial charge in [-0.25, -0.2) is 0 Å². The Labute approximate surface area is 268 Å². The summed E-state index contributed by atoms with van der Waals surface area (Å²) in [5.74, 6) is 0.577. The molecule has 0 unspecified atom stereocenters. The molecule has 45 heavy (non-hydrogen) atoms. The van der Waals surface area contributed by atoms with Crippen LogP contribution in [0, 0.1) is 45.3 Å². The molecule has 0 aromatic carbocycles. The first-order valence-electron chi connectivity index (χ1n) is 17.1. The van der Waals surface area contributed by atoms with Crippen molar-refractivity contribution in [2.75, 3.05) is 6.61 Å². The van der Waals surface area contributed by atoms with Crippen LogP contribution in [-0.4, -0.2) is 92.0 Å². The van der Waals surface area contributed by atoms with E-state index in [9.17, 15) is 35.4 Å². The van der Waals surface area contributed by atoms with Gasteiger partial charge in [-0.15, -0.1) is 0 Å². The normalized spacial score (nSPS) is 48.7. The van der Waals surface area contributed by atoms with Crippen molar-refractivity contribution in [2.24, 2.45) is 45.3 Å². The van der Waals surface area contributed by atoms with Crippen LogP contribution in [0.15, 0.2) is 23.8 Å². The van der Waals surface area contributed by atoms with E-state index < -0.39 is 66.0 Å². The highest BCUT2D eigenvalue weighted by Crippen LogP contribution is 2.74. The average molecular weight is 635 g/mol. The Hall–Kier alpha value is -1.17. The molecule has 0 radical (unpaired) electrons. The minimum absolute atomic E-state index is 0.0442. The summed E-state index contributed by atoms with van der Waals surface area (Å²) in [6.45, 7) is 14.1. The van der Waals surface area contributed by atoms with Crippen molar-refractivity contribution in [2.45, 2.75) is 142 Å². The number of fused-ring (bicyclic) bond motifs is 5.